The quantitative estimate of drug-likeness (QED) is 0.442. The molecule has 5 nitrogen and oxygen atoms in total. The molecule has 5 heteroatoms. The summed E-state index contributed by atoms with van der Waals surface area (Å²) >= 11 is 0. The van der Waals surface area contributed by atoms with E-state index in [1.165, 1.54) is 49.6 Å². The van der Waals surface area contributed by atoms with E-state index in [9.17, 15) is 9.90 Å². The van der Waals surface area contributed by atoms with Crippen LogP contribution < -0.4 is 5.73 Å². The Labute approximate surface area is 182 Å². The van der Waals surface area contributed by atoms with Gasteiger partial charge in [-0.25, -0.2) is 0 Å². The van der Waals surface area contributed by atoms with E-state index in [1.807, 2.05) is 34.6 Å². The van der Waals surface area contributed by atoms with Gasteiger partial charge in [0.25, 0.3) is 0 Å². The number of amides is 1. The molecule has 1 aliphatic carbocycles. The maximum Gasteiger partial charge on any atom is 0.302 e. The van der Waals surface area contributed by atoms with Crippen LogP contribution in [0.2, 0.25) is 0 Å². The van der Waals surface area contributed by atoms with Gasteiger partial charge < -0.3 is 15.6 Å². The molecule has 0 heterocycles. The summed E-state index contributed by atoms with van der Waals surface area (Å²) in [6.07, 6.45) is 4.75. The van der Waals surface area contributed by atoms with Crippen molar-refractivity contribution in [1.29, 1.82) is 0 Å². The molecule has 1 saturated carbocycles. The first kappa shape index (κ1) is 29.8. The number of hydrogen-bond acceptors (Lipinski definition) is 4. The van der Waals surface area contributed by atoms with Crippen LogP contribution in [-0.2, 0) is 14.3 Å². The van der Waals surface area contributed by atoms with Gasteiger partial charge in [0.15, 0.2) is 0 Å². The van der Waals surface area contributed by atoms with E-state index in [-0.39, 0.29) is 17.8 Å². The number of benzene rings is 2. The minimum atomic E-state index is -0.562. The molecule has 0 aromatic heterocycles. The fourth-order valence-electron chi connectivity index (χ4n) is 1.39. The number of fused-ring (bicyclic) bond motifs is 1. The summed E-state index contributed by atoms with van der Waals surface area (Å²) in [4.78, 5) is 18.2. The summed E-state index contributed by atoms with van der Waals surface area (Å²) < 4.78 is 4.11. The van der Waals surface area contributed by atoms with Crippen molar-refractivity contribution in [2.45, 2.75) is 73.3 Å². The molecule has 0 aliphatic heterocycles. The van der Waals surface area contributed by atoms with Gasteiger partial charge in [-0.3, -0.25) is 9.59 Å². The van der Waals surface area contributed by atoms with Gasteiger partial charge in [0, 0.05) is 6.92 Å². The number of methoxy groups -OCH3 is 1. The number of aliphatic hydroxyl groups is 1. The van der Waals surface area contributed by atoms with Crippen molar-refractivity contribution in [2.75, 3.05) is 7.11 Å². The molecular weight excluding hydrogens is 378 g/mol. The lowest BCUT2D eigenvalue weighted by Gasteiger charge is -2.33. The van der Waals surface area contributed by atoms with Crippen LogP contribution in [0.25, 0.3) is 10.8 Å². The van der Waals surface area contributed by atoms with Gasteiger partial charge in [-0.2, -0.15) is 0 Å². The highest BCUT2D eigenvalue weighted by atomic mass is 16.5. The van der Waals surface area contributed by atoms with E-state index in [1.54, 1.807) is 0 Å². The van der Waals surface area contributed by atoms with Gasteiger partial charge in [0.05, 0.1) is 12.7 Å². The van der Waals surface area contributed by atoms with E-state index in [2.05, 4.69) is 59.9 Å². The average molecular weight is 420 g/mol. The highest BCUT2D eigenvalue weighted by Crippen LogP contribution is 2.28. The van der Waals surface area contributed by atoms with Crippen molar-refractivity contribution in [2.24, 2.45) is 11.1 Å². The van der Waals surface area contributed by atoms with Crippen LogP contribution in [-0.4, -0.2) is 30.2 Å². The molecule has 0 spiro atoms. The molecule has 2 aromatic carbocycles. The normalized spacial score (nSPS) is 11.5. The minimum Gasteiger partial charge on any atom is -0.469 e. The Bertz CT molecular complexity index is 706. The second-order valence-corrected chi connectivity index (χ2v) is 8.50. The van der Waals surface area contributed by atoms with Crippen LogP contribution in [0.3, 0.4) is 0 Å². The fourth-order valence-corrected chi connectivity index (χ4v) is 1.39. The molecular formula is C25H41NO4. The first-order valence-electron chi connectivity index (χ1n) is 10.2. The maximum absolute atomic E-state index is 9.59. The third kappa shape index (κ3) is 16.5. The molecule has 0 bridgehead atoms. The Kier molecular flexibility index (Phi) is 15.3. The topological polar surface area (TPSA) is 89.6 Å². The lowest BCUT2D eigenvalue weighted by atomic mass is 9.79. The Balaban J connectivity index is 0. The predicted molar refractivity (Wildman–Crippen MR) is 126 cm³/mol. The SMILES string of the molecule is C1CC1.CC(C)(C)C(C)(C)O.COC(C)=O.Cc1cccc2ccccc12.NC=O. The molecule has 1 fully saturated rings. The molecule has 30 heavy (non-hydrogen) atoms. The van der Waals surface area contributed by atoms with Crippen molar-refractivity contribution >= 4 is 23.2 Å². The Hall–Kier alpha value is -2.40. The fraction of sp³-hybridized carbons (Fsp3) is 0.520. The smallest absolute Gasteiger partial charge is 0.302 e. The molecule has 3 N–H and O–H groups in total. The number of aryl methyl sites for hydroxylation is 1. The lowest BCUT2D eigenvalue weighted by molar-refractivity contribution is -0.137. The van der Waals surface area contributed by atoms with Gasteiger partial charge in [-0.05, 0) is 42.5 Å². The van der Waals surface area contributed by atoms with Crippen molar-refractivity contribution < 1.29 is 19.4 Å². The molecule has 0 atom stereocenters. The average Bonchev–Trinajstić information content (AvgIpc) is 3.51. The van der Waals surface area contributed by atoms with E-state index in [0.29, 0.717) is 0 Å². The number of primary amides is 1. The van der Waals surface area contributed by atoms with Gasteiger partial charge in [-0.1, -0.05) is 82.5 Å². The molecule has 0 saturated heterocycles. The summed E-state index contributed by atoms with van der Waals surface area (Å²) in [6.45, 7) is 13.2. The molecule has 1 aliphatic rings. The van der Waals surface area contributed by atoms with Crippen LogP contribution in [0.4, 0.5) is 0 Å². The third-order valence-corrected chi connectivity index (χ3v) is 4.48. The number of carbonyl (C=O) groups excluding carboxylic acids is 2. The zero-order chi connectivity index (χ0) is 23.8. The zero-order valence-electron chi connectivity index (χ0n) is 20.0. The number of carbonyl (C=O) groups is 2. The van der Waals surface area contributed by atoms with Crippen molar-refractivity contribution in [1.82, 2.24) is 0 Å². The standard InChI is InChI=1S/C11H10.C7H16O.C3H6O2.C3H6.CH3NO/c1-9-5-4-7-10-6-2-3-8-11(9)10;1-6(2,3)7(4,5)8;1-3(4)5-2;1-2-3-1;2-1-3/h2-8H,1H3;8H,1-5H3;1-2H3;1-3H2;1H,(H2,2,3). The van der Waals surface area contributed by atoms with Crippen molar-refractivity contribution in [3.8, 4) is 0 Å². The van der Waals surface area contributed by atoms with Crippen LogP contribution >= 0.6 is 0 Å². The molecule has 1 amide bonds. The largest absolute Gasteiger partial charge is 0.469 e. The van der Waals surface area contributed by atoms with E-state index < -0.39 is 5.60 Å². The van der Waals surface area contributed by atoms with E-state index in [4.69, 9.17) is 4.79 Å². The van der Waals surface area contributed by atoms with Gasteiger partial charge in [0.2, 0.25) is 6.41 Å². The van der Waals surface area contributed by atoms with Gasteiger partial charge >= 0.3 is 5.97 Å². The number of esters is 1. The summed E-state index contributed by atoms with van der Waals surface area (Å²) in [5.74, 6) is -0.245. The van der Waals surface area contributed by atoms with E-state index in [0.717, 1.165) is 0 Å². The zero-order valence-corrected chi connectivity index (χ0v) is 20.0. The van der Waals surface area contributed by atoms with Crippen LogP contribution in [0.15, 0.2) is 42.5 Å². The maximum atomic E-state index is 9.59. The van der Waals surface area contributed by atoms with E-state index >= 15 is 0 Å². The summed E-state index contributed by atoms with van der Waals surface area (Å²) in [5.41, 5.74) is 4.95. The minimum absolute atomic E-state index is 0.00694. The Morgan fingerprint density at radius 1 is 1.00 bits per heavy atom. The Morgan fingerprint density at radius 3 is 1.67 bits per heavy atom. The highest BCUT2D eigenvalue weighted by Gasteiger charge is 2.29. The molecule has 170 valence electrons. The first-order valence-corrected chi connectivity index (χ1v) is 10.2. The van der Waals surface area contributed by atoms with Crippen molar-refractivity contribution in [3.05, 3.63) is 48.0 Å². The van der Waals surface area contributed by atoms with Crippen LogP contribution in [0.1, 0.15) is 66.4 Å². The van der Waals surface area contributed by atoms with Crippen LogP contribution in [0, 0.1) is 12.3 Å². The summed E-state index contributed by atoms with van der Waals surface area (Å²) in [5, 5.41) is 12.0. The van der Waals surface area contributed by atoms with Crippen molar-refractivity contribution in [3.63, 3.8) is 0 Å². The first-order chi connectivity index (χ1) is 13.8. The second kappa shape index (κ2) is 15.4. The van der Waals surface area contributed by atoms with Crippen LogP contribution in [0.5, 0.6) is 0 Å². The van der Waals surface area contributed by atoms with Gasteiger partial charge in [0.1, 0.15) is 0 Å². The lowest BCUT2D eigenvalue weighted by Crippen LogP contribution is -2.35. The highest BCUT2D eigenvalue weighted by molar-refractivity contribution is 5.85. The monoisotopic (exact) mass is 419 g/mol. The molecule has 2 aromatic rings. The third-order valence-electron chi connectivity index (χ3n) is 4.48. The predicted octanol–water partition coefficient (Wildman–Crippen LogP) is 5.40. The number of rotatable bonds is 0. The molecule has 3 rings (SSSR count). The number of hydrogen-bond donors (Lipinski definition) is 2. The summed E-state index contributed by atoms with van der Waals surface area (Å²) in [7, 11) is 1.35. The summed E-state index contributed by atoms with van der Waals surface area (Å²) in [6, 6.07) is 14.8. The molecule has 0 unspecified atom stereocenters. The number of nitrogens with two attached hydrogens (primary N) is 1. The number of ether oxygens (including phenoxy) is 1. The van der Waals surface area contributed by atoms with Gasteiger partial charge in [-0.15, -0.1) is 0 Å². The molecule has 0 radical (unpaired) electrons. The second-order valence-electron chi connectivity index (χ2n) is 8.50. The Morgan fingerprint density at radius 2 is 1.37 bits per heavy atom.